The van der Waals surface area contributed by atoms with E-state index in [2.05, 4.69) is 0 Å². The van der Waals surface area contributed by atoms with Gasteiger partial charge in [0.25, 0.3) is 0 Å². The van der Waals surface area contributed by atoms with Crippen molar-refractivity contribution in [3.8, 4) is 0 Å². The van der Waals surface area contributed by atoms with Crippen molar-refractivity contribution in [1.29, 1.82) is 0 Å². The van der Waals surface area contributed by atoms with Crippen molar-refractivity contribution < 1.29 is 13.6 Å². The van der Waals surface area contributed by atoms with Gasteiger partial charge in [-0.05, 0) is 29.6 Å². The molecule has 17 heavy (non-hydrogen) atoms. The van der Waals surface area contributed by atoms with Crippen LogP contribution in [0.4, 0.5) is 8.78 Å². The molecule has 88 valence electrons. The van der Waals surface area contributed by atoms with Crippen LogP contribution < -0.4 is 5.73 Å². The first-order valence-corrected chi connectivity index (χ1v) is 5.76. The Hall–Kier alpha value is -1.59. The van der Waals surface area contributed by atoms with Crippen molar-refractivity contribution in [3.63, 3.8) is 0 Å². The summed E-state index contributed by atoms with van der Waals surface area (Å²) in [5, 5.41) is 1.80. The molecule has 2 nitrogen and oxygen atoms in total. The number of ketones is 1. The zero-order valence-electron chi connectivity index (χ0n) is 8.69. The minimum absolute atomic E-state index is 0.0739. The van der Waals surface area contributed by atoms with E-state index in [9.17, 15) is 13.6 Å². The van der Waals surface area contributed by atoms with Crippen LogP contribution in [0.1, 0.15) is 21.3 Å². The number of carbonyl (C=O) groups is 1. The van der Waals surface area contributed by atoms with E-state index >= 15 is 0 Å². The molecule has 0 aliphatic heterocycles. The fourth-order valence-corrected chi connectivity index (χ4v) is 2.15. The predicted molar refractivity (Wildman–Crippen MR) is 61.9 cm³/mol. The highest BCUT2D eigenvalue weighted by molar-refractivity contribution is 7.10. The first kappa shape index (κ1) is 11.9. The van der Waals surface area contributed by atoms with Gasteiger partial charge in [-0.25, -0.2) is 8.78 Å². The fraction of sp³-hybridized carbons (Fsp3) is 0.0833. The number of hydrogen-bond donors (Lipinski definition) is 1. The van der Waals surface area contributed by atoms with Gasteiger partial charge in [0.2, 0.25) is 0 Å². The number of nitrogens with two attached hydrogens (primary N) is 1. The van der Waals surface area contributed by atoms with Crippen LogP contribution in [0.5, 0.6) is 0 Å². The number of benzene rings is 1. The molecule has 0 aliphatic carbocycles. The van der Waals surface area contributed by atoms with Gasteiger partial charge in [0, 0.05) is 10.4 Å². The highest BCUT2D eigenvalue weighted by atomic mass is 32.1. The molecule has 2 aromatic rings. The lowest BCUT2D eigenvalue weighted by Gasteiger charge is -2.08. The van der Waals surface area contributed by atoms with E-state index in [4.69, 9.17) is 5.73 Å². The SMILES string of the molecule is NC(C(=O)c1ccc(F)c(F)c1)c1cccs1. The first-order valence-electron chi connectivity index (χ1n) is 4.88. The second kappa shape index (κ2) is 4.73. The van der Waals surface area contributed by atoms with Gasteiger partial charge < -0.3 is 5.73 Å². The van der Waals surface area contributed by atoms with Crippen molar-refractivity contribution in [2.75, 3.05) is 0 Å². The molecule has 0 spiro atoms. The van der Waals surface area contributed by atoms with E-state index in [1.165, 1.54) is 17.4 Å². The van der Waals surface area contributed by atoms with Crippen molar-refractivity contribution in [2.24, 2.45) is 5.73 Å². The third kappa shape index (κ3) is 2.40. The molecule has 0 aliphatic rings. The Morgan fingerprint density at radius 1 is 1.24 bits per heavy atom. The largest absolute Gasteiger partial charge is 0.317 e. The molecule has 2 N–H and O–H groups in total. The fourth-order valence-electron chi connectivity index (χ4n) is 1.43. The highest BCUT2D eigenvalue weighted by Crippen LogP contribution is 2.21. The molecule has 1 aromatic carbocycles. The maximum absolute atomic E-state index is 13.0. The van der Waals surface area contributed by atoms with Crippen LogP contribution in [0.2, 0.25) is 0 Å². The summed E-state index contributed by atoms with van der Waals surface area (Å²) in [6.45, 7) is 0. The van der Waals surface area contributed by atoms with Crippen molar-refractivity contribution in [2.45, 2.75) is 6.04 Å². The molecule has 1 atom stereocenters. The molecule has 1 aromatic heterocycles. The molecular weight excluding hydrogens is 244 g/mol. The average molecular weight is 253 g/mol. The maximum atomic E-state index is 13.0. The normalized spacial score (nSPS) is 12.4. The van der Waals surface area contributed by atoms with Crippen LogP contribution in [-0.2, 0) is 0 Å². The summed E-state index contributed by atoms with van der Waals surface area (Å²) in [6, 6.07) is 5.69. The quantitative estimate of drug-likeness (QED) is 0.855. The summed E-state index contributed by atoms with van der Waals surface area (Å²) in [7, 11) is 0. The molecule has 5 heteroatoms. The first-order chi connectivity index (χ1) is 8.09. The topological polar surface area (TPSA) is 43.1 Å². The van der Waals surface area contributed by atoms with Gasteiger partial charge in [0.1, 0.15) is 6.04 Å². The second-order valence-corrected chi connectivity index (χ2v) is 4.47. The van der Waals surface area contributed by atoms with Gasteiger partial charge in [-0.3, -0.25) is 4.79 Å². The second-order valence-electron chi connectivity index (χ2n) is 3.49. The lowest BCUT2D eigenvalue weighted by atomic mass is 10.0. The molecule has 0 amide bonds. The minimum Gasteiger partial charge on any atom is -0.317 e. The molecule has 1 unspecified atom stereocenters. The van der Waals surface area contributed by atoms with E-state index in [1.54, 1.807) is 17.5 Å². The Balaban J connectivity index is 2.28. The average Bonchev–Trinajstić information content (AvgIpc) is 2.84. The highest BCUT2D eigenvalue weighted by Gasteiger charge is 2.19. The molecule has 2 rings (SSSR count). The number of thiophene rings is 1. The van der Waals surface area contributed by atoms with Crippen molar-refractivity contribution in [3.05, 3.63) is 57.8 Å². The van der Waals surface area contributed by atoms with E-state index < -0.39 is 23.5 Å². The molecular formula is C12H9F2NOS. The summed E-state index contributed by atoms with van der Waals surface area (Å²) >= 11 is 1.35. The molecule has 1 heterocycles. The van der Waals surface area contributed by atoms with E-state index in [0.717, 1.165) is 12.1 Å². The summed E-state index contributed by atoms with van der Waals surface area (Å²) in [6.07, 6.45) is 0. The van der Waals surface area contributed by atoms with Gasteiger partial charge in [0.15, 0.2) is 17.4 Å². The van der Waals surface area contributed by atoms with Crippen LogP contribution in [0.15, 0.2) is 35.7 Å². The van der Waals surface area contributed by atoms with Crippen molar-refractivity contribution >= 4 is 17.1 Å². The van der Waals surface area contributed by atoms with E-state index in [0.29, 0.717) is 4.88 Å². The zero-order valence-corrected chi connectivity index (χ0v) is 9.51. The standard InChI is InChI=1S/C12H9F2NOS/c13-8-4-3-7(6-9(8)14)12(16)11(15)10-2-1-5-17-10/h1-6,11H,15H2. The molecule has 0 fully saturated rings. The number of rotatable bonds is 3. The summed E-state index contributed by atoms with van der Waals surface area (Å²) in [5.74, 6) is -2.45. The van der Waals surface area contributed by atoms with Crippen LogP contribution >= 0.6 is 11.3 Å². The predicted octanol–water partition coefficient (Wildman–Crippen LogP) is 2.91. The molecule has 0 saturated carbocycles. The Morgan fingerprint density at radius 2 is 2.00 bits per heavy atom. The van der Waals surface area contributed by atoms with Gasteiger partial charge in [-0.1, -0.05) is 6.07 Å². The van der Waals surface area contributed by atoms with Gasteiger partial charge >= 0.3 is 0 Å². The van der Waals surface area contributed by atoms with Crippen LogP contribution in [0.25, 0.3) is 0 Å². The number of carbonyl (C=O) groups excluding carboxylic acids is 1. The van der Waals surface area contributed by atoms with Crippen LogP contribution in [0, 0.1) is 11.6 Å². The van der Waals surface area contributed by atoms with Crippen LogP contribution in [-0.4, -0.2) is 5.78 Å². The third-order valence-electron chi connectivity index (χ3n) is 2.34. The lowest BCUT2D eigenvalue weighted by molar-refractivity contribution is 0.0962. The van der Waals surface area contributed by atoms with Gasteiger partial charge in [-0.2, -0.15) is 0 Å². The van der Waals surface area contributed by atoms with Crippen LogP contribution in [0.3, 0.4) is 0 Å². The Bertz CT molecular complexity index is 539. The summed E-state index contributed by atoms with van der Waals surface area (Å²) < 4.78 is 25.7. The third-order valence-corrected chi connectivity index (χ3v) is 3.29. The smallest absolute Gasteiger partial charge is 0.184 e. The maximum Gasteiger partial charge on any atom is 0.184 e. The monoisotopic (exact) mass is 253 g/mol. The zero-order chi connectivity index (χ0) is 12.4. The number of halogens is 2. The number of Topliss-reactive ketones (excluding diaryl/α,β-unsaturated/α-hetero) is 1. The van der Waals surface area contributed by atoms with Gasteiger partial charge in [-0.15, -0.1) is 11.3 Å². The Kier molecular flexibility index (Phi) is 3.31. The molecule has 0 radical (unpaired) electrons. The van der Waals surface area contributed by atoms with Gasteiger partial charge in [0.05, 0.1) is 0 Å². The summed E-state index contributed by atoms with van der Waals surface area (Å²) in [4.78, 5) is 12.6. The lowest BCUT2D eigenvalue weighted by Crippen LogP contribution is -2.20. The molecule has 0 saturated heterocycles. The minimum atomic E-state index is -1.05. The Morgan fingerprint density at radius 3 is 2.59 bits per heavy atom. The van der Waals surface area contributed by atoms with E-state index in [1.807, 2.05) is 0 Å². The van der Waals surface area contributed by atoms with E-state index in [-0.39, 0.29) is 5.56 Å². The number of hydrogen-bond acceptors (Lipinski definition) is 3. The molecule has 0 bridgehead atoms. The van der Waals surface area contributed by atoms with Crippen molar-refractivity contribution in [1.82, 2.24) is 0 Å². The summed E-state index contributed by atoms with van der Waals surface area (Å²) in [5.41, 5.74) is 5.82. The Labute approximate surface area is 101 Å².